The summed E-state index contributed by atoms with van der Waals surface area (Å²) in [5.74, 6) is -1.44. The molecule has 2 aromatic carbocycles. The molecule has 0 radical (unpaired) electrons. The molecule has 10 heteroatoms. The molecule has 3 rings (SSSR count). The van der Waals surface area contributed by atoms with E-state index in [1.165, 1.54) is 24.3 Å². The van der Waals surface area contributed by atoms with E-state index in [4.69, 9.17) is 5.73 Å². The number of nitrogen functional groups attached to an aromatic ring is 1. The number of thioether (sulfide) groups is 1. The fourth-order valence-corrected chi connectivity index (χ4v) is 2.82. The van der Waals surface area contributed by atoms with E-state index < -0.39 is 11.7 Å². The average molecular weight is 400 g/mol. The summed E-state index contributed by atoms with van der Waals surface area (Å²) >= 11 is 1.56. The van der Waals surface area contributed by atoms with E-state index in [1.807, 2.05) is 24.5 Å². The van der Waals surface area contributed by atoms with Crippen molar-refractivity contribution in [3.63, 3.8) is 0 Å². The second kappa shape index (κ2) is 8.53. The Labute approximate surface area is 164 Å². The van der Waals surface area contributed by atoms with E-state index in [2.05, 4.69) is 20.9 Å². The molecule has 4 N–H and O–H groups in total. The maximum absolute atomic E-state index is 12.9. The van der Waals surface area contributed by atoms with Crippen LogP contribution < -0.4 is 16.4 Å². The molecule has 0 unspecified atom stereocenters. The number of rotatable bonds is 6. The van der Waals surface area contributed by atoms with Gasteiger partial charge >= 0.3 is 0 Å². The third kappa shape index (κ3) is 4.65. The third-order valence-electron chi connectivity index (χ3n) is 3.74. The first-order chi connectivity index (χ1) is 13.5. The zero-order chi connectivity index (χ0) is 20.1. The van der Waals surface area contributed by atoms with Gasteiger partial charge < -0.3 is 16.4 Å². The summed E-state index contributed by atoms with van der Waals surface area (Å²) in [5.41, 5.74) is 6.80. The van der Waals surface area contributed by atoms with Gasteiger partial charge in [-0.2, -0.15) is 0 Å². The molecular weight excluding hydrogens is 383 g/mol. The number of halogens is 1. The minimum absolute atomic E-state index is 0.0485. The number of hydrogen-bond acceptors (Lipinski definition) is 6. The smallest absolute Gasteiger partial charge is 0.280 e. The van der Waals surface area contributed by atoms with Crippen molar-refractivity contribution in [2.75, 3.05) is 22.6 Å². The van der Waals surface area contributed by atoms with Gasteiger partial charge in [0.15, 0.2) is 11.5 Å². The van der Waals surface area contributed by atoms with Gasteiger partial charge in [-0.25, -0.2) is 9.07 Å². The standard InChI is InChI=1S/C18H17FN6O2S/c1-28-14-4-2-3-13(9-14)21-15(26)10-25-17(20)16(23-24-25)18(27)22-12-7-5-11(19)6-8-12/h2-9H,10,20H2,1H3,(H,21,26)(H,22,27). The molecule has 0 aliphatic rings. The Morgan fingerprint density at radius 1 is 1.14 bits per heavy atom. The Morgan fingerprint density at radius 2 is 1.89 bits per heavy atom. The predicted octanol–water partition coefficient (Wildman–Crippen LogP) is 2.61. The maximum Gasteiger partial charge on any atom is 0.280 e. The first-order valence-electron chi connectivity index (χ1n) is 8.16. The molecule has 2 amide bonds. The Bertz CT molecular complexity index is 1010. The quantitative estimate of drug-likeness (QED) is 0.548. The molecule has 0 atom stereocenters. The number of nitrogens with zero attached hydrogens (tertiary/aromatic N) is 3. The van der Waals surface area contributed by atoms with Crippen LogP contribution in [0, 0.1) is 5.82 Å². The molecule has 28 heavy (non-hydrogen) atoms. The van der Waals surface area contributed by atoms with E-state index in [1.54, 1.807) is 17.8 Å². The highest BCUT2D eigenvalue weighted by molar-refractivity contribution is 7.98. The molecule has 144 valence electrons. The molecule has 0 aliphatic heterocycles. The van der Waals surface area contributed by atoms with Crippen molar-refractivity contribution in [1.29, 1.82) is 0 Å². The summed E-state index contributed by atoms with van der Waals surface area (Å²) in [4.78, 5) is 25.5. The van der Waals surface area contributed by atoms with Crippen LogP contribution >= 0.6 is 11.8 Å². The van der Waals surface area contributed by atoms with Crippen molar-refractivity contribution in [1.82, 2.24) is 15.0 Å². The number of carbonyl (C=O) groups is 2. The van der Waals surface area contributed by atoms with E-state index in [0.717, 1.165) is 9.58 Å². The fourth-order valence-electron chi connectivity index (χ4n) is 2.36. The first kappa shape index (κ1) is 19.4. The highest BCUT2D eigenvalue weighted by Gasteiger charge is 2.19. The maximum atomic E-state index is 12.9. The number of nitrogens with two attached hydrogens (primary N) is 1. The van der Waals surface area contributed by atoms with Crippen LogP contribution in [0.5, 0.6) is 0 Å². The number of anilines is 3. The first-order valence-corrected chi connectivity index (χ1v) is 9.38. The van der Waals surface area contributed by atoms with Gasteiger partial charge in [0.1, 0.15) is 12.4 Å². The summed E-state index contributed by atoms with van der Waals surface area (Å²) in [7, 11) is 0. The minimum atomic E-state index is -0.608. The molecule has 1 aromatic heterocycles. The summed E-state index contributed by atoms with van der Waals surface area (Å²) in [6, 6.07) is 12.6. The molecule has 0 fully saturated rings. The predicted molar refractivity (Wildman–Crippen MR) is 106 cm³/mol. The number of aromatic nitrogens is 3. The Kier molecular flexibility index (Phi) is 5.90. The highest BCUT2D eigenvalue weighted by Crippen LogP contribution is 2.19. The largest absolute Gasteiger partial charge is 0.382 e. The van der Waals surface area contributed by atoms with Gasteiger partial charge in [0.25, 0.3) is 5.91 Å². The van der Waals surface area contributed by atoms with Crippen molar-refractivity contribution in [2.24, 2.45) is 0 Å². The van der Waals surface area contributed by atoms with Crippen LogP contribution in [0.4, 0.5) is 21.6 Å². The normalized spacial score (nSPS) is 10.5. The van der Waals surface area contributed by atoms with Crippen LogP contribution in [0.2, 0.25) is 0 Å². The number of benzene rings is 2. The van der Waals surface area contributed by atoms with Crippen LogP contribution in [-0.2, 0) is 11.3 Å². The minimum Gasteiger partial charge on any atom is -0.382 e. The molecule has 0 saturated heterocycles. The second-order valence-corrected chi connectivity index (χ2v) is 6.60. The van der Waals surface area contributed by atoms with E-state index in [0.29, 0.717) is 11.4 Å². The SMILES string of the molecule is CSc1cccc(NC(=O)Cn2nnc(C(=O)Nc3ccc(F)cc3)c2N)c1. The number of amides is 2. The summed E-state index contributed by atoms with van der Waals surface area (Å²) in [6.07, 6.45) is 1.94. The molecule has 0 bridgehead atoms. The molecule has 0 saturated carbocycles. The van der Waals surface area contributed by atoms with Gasteiger partial charge in [0.05, 0.1) is 0 Å². The van der Waals surface area contributed by atoms with Crippen LogP contribution in [0.15, 0.2) is 53.4 Å². The Morgan fingerprint density at radius 3 is 2.61 bits per heavy atom. The third-order valence-corrected chi connectivity index (χ3v) is 4.46. The molecular formula is C18H17FN6O2S. The zero-order valence-corrected chi connectivity index (χ0v) is 15.7. The second-order valence-electron chi connectivity index (χ2n) is 5.72. The van der Waals surface area contributed by atoms with Crippen molar-refractivity contribution < 1.29 is 14.0 Å². The Balaban J connectivity index is 1.65. The monoisotopic (exact) mass is 400 g/mol. The van der Waals surface area contributed by atoms with Crippen molar-refractivity contribution in [2.45, 2.75) is 11.4 Å². The van der Waals surface area contributed by atoms with Gasteiger partial charge in [0, 0.05) is 16.3 Å². The van der Waals surface area contributed by atoms with E-state index >= 15 is 0 Å². The number of nitrogens with one attached hydrogen (secondary N) is 2. The molecule has 0 spiro atoms. The van der Waals surface area contributed by atoms with E-state index in [9.17, 15) is 14.0 Å². The number of carbonyl (C=O) groups excluding carboxylic acids is 2. The summed E-state index contributed by atoms with van der Waals surface area (Å²) < 4.78 is 14.1. The van der Waals surface area contributed by atoms with E-state index in [-0.39, 0.29) is 24.0 Å². The van der Waals surface area contributed by atoms with Gasteiger partial charge in [-0.15, -0.1) is 16.9 Å². The lowest BCUT2D eigenvalue weighted by Crippen LogP contribution is -2.21. The Hall–Kier alpha value is -3.40. The van der Waals surface area contributed by atoms with Crippen LogP contribution in [0.1, 0.15) is 10.5 Å². The van der Waals surface area contributed by atoms with Gasteiger partial charge in [-0.3, -0.25) is 9.59 Å². The van der Waals surface area contributed by atoms with Crippen molar-refractivity contribution >= 4 is 40.8 Å². The van der Waals surface area contributed by atoms with Crippen molar-refractivity contribution in [3.8, 4) is 0 Å². The lowest BCUT2D eigenvalue weighted by atomic mass is 10.3. The lowest BCUT2D eigenvalue weighted by Gasteiger charge is -2.07. The molecule has 8 nitrogen and oxygen atoms in total. The summed E-state index contributed by atoms with van der Waals surface area (Å²) in [6.45, 7) is -0.202. The van der Waals surface area contributed by atoms with Gasteiger partial charge in [-0.05, 0) is 48.7 Å². The van der Waals surface area contributed by atoms with Gasteiger partial charge in [-0.1, -0.05) is 11.3 Å². The van der Waals surface area contributed by atoms with Crippen LogP contribution in [0.3, 0.4) is 0 Å². The molecule has 3 aromatic rings. The average Bonchev–Trinajstić information content (AvgIpc) is 3.04. The van der Waals surface area contributed by atoms with Crippen molar-refractivity contribution in [3.05, 3.63) is 60.0 Å². The topological polar surface area (TPSA) is 115 Å². The van der Waals surface area contributed by atoms with Crippen LogP contribution in [-0.4, -0.2) is 33.1 Å². The fraction of sp³-hybridized carbons (Fsp3) is 0.111. The molecule has 0 aliphatic carbocycles. The zero-order valence-electron chi connectivity index (χ0n) is 14.8. The molecule has 1 heterocycles. The van der Waals surface area contributed by atoms with Gasteiger partial charge in [0.2, 0.25) is 5.91 Å². The lowest BCUT2D eigenvalue weighted by molar-refractivity contribution is -0.116. The van der Waals surface area contributed by atoms with Crippen LogP contribution in [0.25, 0.3) is 0 Å². The number of hydrogen-bond donors (Lipinski definition) is 3. The highest BCUT2D eigenvalue weighted by atomic mass is 32.2. The summed E-state index contributed by atoms with van der Waals surface area (Å²) in [5, 5.41) is 12.8.